The fraction of sp³-hybridized carbons (Fsp3) is 0.333. The minimum Gasteiger partial charge on any atom is -0.478 e. The molecular formula is C15H18N2O2S. The molecule has 0 saturated heterocycles. The molecule has 5 heteroatoms. The topological polar surface area (TPSA) is 53.4 Å². The van der Waals surface area contributed by atoms with Crippen LogP contribution in [0.5, 0.6) is 0 Å². The Bertz CT molecular complexity index is 609. The number of anilines is 1. The van der Waals surface area contributed by atoms with E-state index in [2.05, 4.69) is 11.1 Å². The number of pyridine rings is 1. The lowest BCUT2D eigenvalue weighted by Gasteiger charge is -2.24. The highest BCUT2D eigenvalue weighted by Gasteiger charge is 2.20. The van der Waals surface area contributed by atoms with Crippen LogP contribution >= 0.6 is 11.3 Å². The van der Waals surface area contributed by atoms with Gasteiger partial charge in [-0.2, -0.15) is 0 Å². The Morgan fingerprint density at radius 3 is 2.75 bits per heavy atom. The lowest BCUT2D eigenvalue weighted by molar-refractivity contribution is 0.0696. The van der Waals surface area contributed by atoms with Crippen molar-refractivity contribution in [1.29, 1.82) is 0 Å². The number of hydrogen-bond donors (Lipinski definition) is 1. The maximum atomic E-state index is 11.5. The summed E-state index contributed by atoms with van der Waals surface area (Å²) in [5.74, 6) is -0.361. The molecule has 20 heavy (non-hydrogen) atoms. The van der Waals surface area contributed by atoms with Gasteiger partial charge in [-0.3, -0.25) is 0 Å². The average Bonchev–Trinajstić information content (AvgIpc) is 2.87. The minimum atomic E-state index is -0.922. The molecule has 0 amide bonds. The van der Waals surface area contributed by atoms with E-state index in [4.69, 9.17) is 0 Å². The van der Waals surface area contributed by atoms with Crippen LogP contribution in [0.4, 0.5) is 5.82 Å². The van der Waals surface area contributed by atoms with E-state index in [1.807, 2.05) is 43.2 Å². The van der Waals surface area contributed by atoms with E-state index in [1.54, 1.807) is 11.3 Å². The first-order chi connectivity index (χ1) is 9.52. The molecule has 1 N–H and O–H groups in total. The number of hydrogen-bond acceptors (Lipinski definition) is 4. The summed E-state index contributed by atoms with van der Waals surface area (Å²) in [6.45, 7) is 7.12. The molecule has 106 valence electrons. The Hall–Kier alpha value is -1.88. The number of thiophene rings is 1. The highest BCUT2D eigenvalue weighted by atomic mass is 32.1. The van der Waals surface area contributed by atoms with Crippen molar-refractivity contribution in [3.05, 3.63) is 45.3 Å². The fourth-order valence-corrected chi connectivity index (χ4v) is 2.96. The highest BCUT2D eigenvalue weighted by Crippen LogP contribution is 2.25. The molecule has 0 aromatic carbocycles. The molecule has 0 aliphatic rings. The van der Waals surface area contributed by atoms with Gasteiger partial charge in [0.15, 0.2) is 0 Å². The molecule has 0 unspecified atom stereocenters. The first kappa shape index (κ1) is 14.5. The number of carboxylic acids is 1. The SMILES string of the molecule is CCN(Cc1cccs1)c1nc(C)cc(C)c1C(=O)O. The van der Waals surface area contributed by atoms with Crippen LogP contribution in [0.25, 0.3) is 0 Å². The van der Waals surface area contributed by atoms with Crippen molar-refractivity contribution in [2.24, 2.45) is 0 Å². The number of rotatable bonds is 5. The van der Waals surface area contributed by atoms with E-state index in [1.165, 1.54) is 4.88 Å². The van der Waals surface area contributed by atoms with Crippen molar-refractivity contribution in [3.8, 4) is 0 Å². The van der Waals surface area contributed by atoms with Crippen molar-refractivity contribution in [2.45, 2.75) is 27.3 Å². The van der Waals surface area contributed by atoms with E-state index in [0.717, 1.165) is 11.3 Å². The first-order valence-electron chi connectivity index (χ1n) is 6.51. The maximum absolute atomic E-state index is 11.5. The summed E-state index contributed by atoms with van der Waals surface area (Å²) >= 11 is 1.67. The van der Waals surface area contributed by atoms with E-state index in [0.29, 0.717) is 24.5 Å². The normalized spacial score (nSPS) is 10.6. The zero-order chi connectivity index (χ0) is 14.7. The number of carboxylic acid groups (broad SMARTS) is 1. The zero-order valence-corrected chi connectivity index (χ0v) is 12.7. The molecule has 0 aliphatic heterocycles. The standard InChI is InChI=1S/C15H18N2O2S/c1-4-17(9-12-6-5-7-20-12)14-13(15(18)19)10(2)8-11(3)16-14/h5-8H,4,9H2,1-3H3,(H,18,19). The molecular weight excluding hydrogens is 272 g/mol. The van der Waals surface area contributed by atoms with Gasteiger partial charge < -0.3 is 10.0 Å². The zero-order valence-electron chi connectivity index (χ0n) is 11.9. The first-order valence-corrected chi connectivity index (χ1v) is 7.39. The number of carbonyl (C=O) groups is 1. The molecule has 2 rings (SSSR count). The average molecular weight is 290 g/mol. The third-order valence-corrected chi connectivity index (χ3v) is 4.01. The Morgan fingerprint density at radius 1 is 1.45 bits per heavy atom. The lowest BCUT2D eigenvalue weighted by Crippen LogP contribution is -2.26. The minimum absolute atomic E-state index is 0.300. The fourth-order valence-electron chi connectivity index (χ4n) is 2.24. The van der Waals surface area contributed by atoms with Gasteiger partial charge in [0.05, 0.1) is 6.54 Å². The maximum Gasteiger partial charge on any atom is 0.339 e. The van der Waals surface area contributed by atoms with Crippen molar-refractivity contribution in [3.63, 3.8) is 0 Å². The second-order valence-electron chi connectivity index (χ2n) is 4.68. The molecule has 2 aromatic rings. The van der Waals surface area contributed by atoms with Crippen LogP contribution in [-0.2, 0) is 6.54 Å². The van der Waals surface area contributed by atoms with Gasteiger partial charge in [-0.1, -0.05) is 6.07 Å². The summed E-state index contributed by atoms with van der Waals surface area (Å²) in [6, 6.07) is 5.86. The smallest absolute Gasteiger partial charge is 0.339 e. The molecule has 0 aliphatic carbocycles. The Labute approximate surface area is 122 Å². The Balaban J connectivity index is 2.45. The molecule has 0 atom stereocenters. The molecule has 4 nitrogen and oxygen atoms in total. The summed E-state index contributed by atoms with van der Waals surface area (Å²) in [5, 5.41) is 11.5. The van der Waals surface area contributed by atoms with E-state index in [-0.39, 0.29) is 0 Å². The molecule has 2 heterocycles. The van der Waals surface area contributed by atoms with Crippen LogP contribution in [0.3, 0.4) is 0 Å². The monoisotopic (exact) mass is 290 g/mol. The molecule has 0 bridgehead atoms. The summed E-state index contributed by atoms with van der Waals surface area (Å²) in [7, 11) is 0. The van der Waals surface area contributed by atoms with Crippen LogP contribution < -0.4 is 4.90 Å². The van der Waals surface area contributed by atoms with E-state index >= 15 is 0 Å². The molecule has 2 aromatic heterocycles. The van der Waals surface area contributed by atoms with E-state index in [9.17, 15) is 9.90 Å². The summed E-state index contributed by atoms with van der Waals surface area (Å²) in [5.41, 5.74) is 1.89. The van der Waals surface area contributed by atoms with Gasteiger partial charge in [-0.15, -0.1) is 11.3 Å². The van der Waals surface area contributed by atoms with Crippen LogP contribution in [0.15, 0.2) is 23.6 Å². The highest BCUT2D eigenvalue weighted by molar-refractivity contribution is 7.09. The Morgan fingerprint density at radius 2 is 2.20 bits per heavy atom. The second-order valence-corrected chi connectivity index (χ2v) is 5.71. The molecule has 0 fully saturated rings. The number of aromatic nitrogens is 1. The quantitative estimate of drug-likeness (QED) is 0.916. The van der Waals surface area contributed by atoms with Gasteiger partial charge in [0.25, 0.3) is 0 Å². The van der Waals surface area contributed by atoms with Crippen molar-refractivity contribution in [1.82, 2.24) is 4.98 Å². The van der Waals surface area contributed by atoms with Gasteiger partial charge in [0.1, 0.15) is 11.4 Å². The van der Waals surface area contributed by atoms with Crippen molar-refractivity contribution in [2.75, 3.05) is 11.4 Å². The third-order valence-electron chi connectivity index (χ3n) is 3.15. The van der Waals surface area contributed by atoms with Gasteiger partial charge in [-0.05, 0) is 43.8 Å². The van der Waals surface area contributed by atoms with Gasteiger partial charge in [-0.25, -0.2) is 9.78 Å². The molecule has 0 radical (unpaired) electrons. The molecule has 0 spiro atoms. The second kappa shape index (κ2) is 6.05. The van der Waals surface area contributed by atoms with Gasteiger partial charge >= 0.3 is 5.97 Å². The number of aryl methyl sites for hydroxylation is 2. The van der Waals surface area contributed by atoms with E-state index < -0.39 is 5.97 Å². The summed E-state index contributed by atoms with van der Waals surface area (Å²) in [6.07, 6.45) is 0. The third kappa shape index (κ3) is 2.99. The van der Waals surface area contributed by atoms with Crippen LogP contribution in [-0.4, -0.2) is 22.6 Å². The summed E-state index contributed by atoms with van der Waals surface area (Å²) < 4.78 is 0. The number of aromatic carboxylic acids is 1. The number of nitrogens with zero attached hydrogens (tertiary/aromatic N) is 2. The van der Waals surface area contributed by atoms with Crippen molar-refractivity contribution < 1.29 is 9.90 Å². The largest absolute Gasteiger partial charge is 0.478 e. The van der Waals surface area contributed by atoms with Crippen LogP contribution in [0, 0.1) is 13.8 Å². The predicted molar refractivity (Wildman–Crippen MR) is 81.7 cm³/mol. The predicted octanol–water partition coefficient (Wildman–Crippen LogP) is 3.48. The van der Waals surface area contributed by atoms with Gasteiger partial charge in [0.2, 0.25) is 0 Å². The molecule has 0 saturated carbocycles. The lowest BCUT2D eigenvalue weighted by atomic mass is 10.1. The van der Waals surface area contributed by atoms with Crippen molar-refractivity contribution >= 4 is 23.1 Å². The van der Waals surface area contributed by atoms with Crippen LogP contribution in [0.2, 0.25) is 0 Å². The van der Waals surface area contributed by atoms with Gasteiger partial charge in [0, 0.05) is 17.1 Å². The van der Waals surface area contributed by atoms with Crippen LogP contribution in [0.1, 0.15) is 33.4 Å². The summed E-state index contributed by atoms with van der Waals surface area (Å²) in [4.78, 5) is 19.2. The Kier molecular flexibility index (Phi) is 4.39.